The van der Waals surface area contributed by atoms with E-state index >= 15 is 0 Å². The molecule has 0 saturated heterocycles. The van der Waals surface area contributed by atoms with Crippen molar-refractivity contribution >= 4 is 62.3 Å². The minimum Gasteiger partial charge on any atom is -0.320 e. The molecule has 0 atom stereocenters. The van der Waals surface area contributed by atoms with Crippen LogP contribution >= 0.6 is 50.7 Å². The van der Waals surface area contributed by atoms with Gasteiger partial charge in [-0.25, -0.2) is 4.39 Å². The lowest BCUT2D eigenvalue weighted by molar-refractivity contribution is 0.102. The average Bonchev–Trinajstić information content (AvgIpc) is 2.33. The van der Waals surface area contributed by atoms with Crippen molar-refractivity contribution in [3.8, 4) is 0 Å². The maximum atomic E-state index is 13.1. The number of hydrogen-bond donors (Lipinski definition) is 1. The Morgan fingerprint density at radius 2 is 1.80 bits per heavy atom. The highest BCUT2D eigenvalue weighted by Gasteiger charge is 2.15. The molecular formula is C13H6BrCl3FNO. The van der Waals surface area contributed by atoms with Gasteiger partial charge >= 0.3 is 0 Å². The van der Waals surface area contributed by atoms with Gasteiger partial charge in [0.25, 0.3) is 5.91 Å². The van der Waals surface area contributed by atoms with Gasteiger partial charge in [-0.3, -0.25) is 4.79 Å². The van der Waals surface area contributed by atoms with Crippen LogP contribution < -0.4 is 5.32 Å². The summed E-state index contributed by atoms with van der Waals surface area (Å²) in [5.74, 6) is -0.981. The normalized spacial score (nSPS) is 10.4. The lowest BCUT2D eigenvalue weighted by atomic mass is 10.2. The van der Waals surface area contributed by atoms with Gasteiger partial charge < -0.3 is 5.32 Å². The van der Waals surface area contributed by atoms with Gasteiger partial charge in [0.1, 0.15) is 5.82 Å². The summed E-state index contributed by atoms with van der Waals surface area (Å²) in [4.78, 5) is 12.1. The SMILES string of the molecule is O=C(Nc1c(Cl)cc(F)cc1Br)c1ccc(Cl)cc1Cl. The van der Waals surface area contributed by atoms with Crippen LogP contribution in [0.15, 0.2) is 34.8 Å². The largest absolute Gasteiger partial charge is 0.320 e. The van der Waals surface area contributed by atoms with Gasteiger partial charge in [0.15, 0.2) is 0 Å². The molecule has 2 nitrogen and oxygen atoms in total. The summed E-state index contributed by atoms with van der Waals surface area (Å²) < 4.78 is 13.4. The molecule has 0 aliphatic rings. The van der Waals surface area contributed by atoms with E-state index in [0.717, 1.165) is 6.07 Å². The molecular weight excluding hydrogens is 391 g/mol. The van der Waals surface area contributed by atoms with Gasteiger partial charge in [-0.2, -0.15) is 0 Å². The highest BCUT2D eigenvalue weighted by molar-refractivity contribution is 9.10. The fraction of sp³-hybridized carbons (Fsp3) is 0. The van der Waals surface area contributed by atoms with Gasteiger partial charge in [0.2, 0.25) is 0 Å². The van der Waals surface area contributed by atoms with Crippen molar-refractivity contribution in [2.45, 2.75) is 0 Å². The zero-order valence-corrected chi connectivity index (χ0v) is 13.5. The van der Waals surface area contributed by atoms with Crippen molar-refractivity contribution in [2.75, 3.05) is 5.32 Å². The van der Waals surface area contributed by atoms with Crippen LogP contribution in [-0.2, 0) is 0 Å². The molecule has 0 aromatic heterocycles. The van der Waals surface area contributed by atoms with Gasteiger partial charge in [-0.1, -0.05) is 34.8 Å². The number of amides is 1. The zero-order chi connectivity index (χ0) is 14.9. The van der Waals surface area contributed by atoms with Crippen molar-refractivity contribution in [2.24, 2.45) is 0 Å². The highest BCUT2D eigenvalue weighted by atomic mass is 79.9. The van der Waals surface area contributed by atoms with Crippen molar-refractivity contribution in [3.05, 3.63) is 61.3 Å². The Labute approximate surface area is 138 Å². The summed E-state index contributed by atoms with van der Waals surface area (Å²) in [7, 11) is 0. The Morgan fingerprint density at radius 1 is 1.10 bits per heavy atom. The Bertz CT molecular complexity index is 670. The molecule has 0 saturated carbocycles. The maximum Gasteiger partial charge on any atom is 0.257 e. The number of hydrogen-bond acceptors (Lipinski definition) is 1. The van der Waals surface area contributed by atoms with Gasteiger partial charge in [0, 0.05) is 9.50 Å². The van der Waals surface area contributed by atoms with Gasteiger partial charge in [-0.15, -0.1) is 0 Å². The maximum absolute atomic E-state index is 13.1. The number of nitrogens with one attached hydrogen (secondary N) is 1. The third kappa shape index (κ3) is 3.44. The standard InChI is InChI=1S/C13H6BrCl3FNO/c14-9-4-7(18)5-11(17)12(9)19-13(20)8-2-1-6(15)3-10(8)16/h1-5H,(H,19,20). The third-order valence-electron chi connectivity index (χ3n) is 2.42. The highest BCUT2D eigenvalue weighted by Crippen LogP contribution is 2.32. The predicted molar refractivity (Wildman–Crippen MR) is 83.5 cm³/mol. The van der Waals surface area contributed by atoms with E-state index < -0.39 is 11.7 Å². The van der Waals surface area contributed by atoms with Crippen LogP contribution in [-0.4, -0.2) is 5.91 Å². The van der Waals surface area contributed by atoms with E-state index in [-0.39, 0.29) is 21.3 Å². The molecule has 1 N–H and O–H groups in total. The second-order valence-electron chi connectivity index (χ2n) is 3.82. The van der Waals surface area contributed by atoms with E-state index in [1.54, 1.807) is 6.07 Å². The first-order valence-electron chi connectivity index (χ1n) is 5.29. The predicted octanol–water partition coefficient (Wildman–Crippen LogP) is 5.80. The smallest absolute Gasteiger partial charge is 0.257 e. The van der Waals surface area contributed by atoms with Crippen LogP contribution in [0.25, 0.3) is 0 Å². The molecule has 7 heteroatoms. The molecule has 0 heterocycles. The Hall–Kier alpha value is -0.810. The van der Waals surface area contributed by atoms with Crippen LogP contribution in [0.4, 0.5) is 10.1 Å². The van der Waals surface area contributed by atoms with Crippen molar-refractivity contribution in [1.29, 1.82) is 0 Å². The second kappa shape index (κ2) is 6.31. The third-order valence-corrected chi connectivity index (χ3v) is 3.89. The van der Waals surface area contributed by atoms with Crippen molar-refractivity contribution < 1.29 is 9.18 Å². The lowest BCUT2D eigenvalue weighted by Gasteiger charge is -2.10. The van der Waals surface area contributed by atoms with E-state index in [9.17, 15) is 9.18 Å². The van der Waals surface area contributed by atoms with E-state index in [0.29, 0.717) is 9.50 Å². The average molecular weight is 397 g/mol. The Balaban J connectivity index is 2.33. The molecule has 0 bridgehead atoms. The summed E-state index contributed by atoms with van der Waals surface area (Å²) in [5, 5.41) is 3.29. The minimum atomic E-state index is -0.510. The van der Waals surface area contributed by atoms with Gasteiger partial charge in [-0.05, 0) is 46.3 Å². The van der Waals surface area contributed by atoms with E-state index in [4.69, 9.17) is 34.8 Å². The first-order chi connectivity index (χ1) is 9.38. The number of carbonyl (C=O) groups excluding carboxylic acids is 1. The van der Waals surface area contributed by atoms with Crippen LogP contribution in [0.2, 0.25) is 15.1 Å². The Kier molecular flexibility index (Phi) is 4.91. The van der Waals surface area contributed by atoms with Crippen molar-refractivity contribution in [1.82, 2.24) is 0 Å². The molecule has 2 rings (SSSR count). The van der Waals surface area contributed by atoms with Crippen LogP contribution in [0.5, 0.6) is 0 Å². The van der Waals surface area contributed by atoms with Crippen LogP contribution in [0, 0.1) is 5.82 Å². The summed E-state index contributed by atoms with van der Waals surface area (Å²) in [6.45, 7) is 0. The fourth-order valence-corrected chi connectivity index (χ4v) is 2.91. The molecule has 0 fully saturated rings. The quantitative estimate of drug-likeness (QED) is 0.682. The number of carbonyl (C=O) groups is 1. The molecule has 2 aromatic rings. The van der Waals surface area contributed by atoms with E-state index in [2.05, 4.69) is 21.2 Å². The second-order valence-corrected chi connectivity index (χ2v) is 5.93. The molecule has 2 aromatic carbocycles. The molecule has 0 radical (unpaired) electrons. The number of rotatable bonds is 2. The van der Waals surface area contributed by atoms with Crippen LogP contribution in [0.3, 0.4) is 0 Å². The first kappa shape index (κ1) is 15.6. The van der Waals surface area contributed by atoms with E-state index in [1.807, 2.05) is 0 Å². The molecule has 104 valence electrons. The summed E-state index contributed by atoms with van der Waals surface area (Å²) in [6, 6.07) is 6.80. The van der Waals surface area contributed by atoms with Crippen LogP contribution in [0.1, 0.15) is 10.4 Å². The summed E-state index contributed by atoms with van der Waals surface area (Å²) in [6.07, 6.45) is 0. The summed E-state index contributed by atoms with van der Waals surface area (Å²) >= 11 is 20.7. The topological polar surface area (TPSA) is 29.1 Å². The number of anilines is 1. The first-order valence-corrected chi connectivity index (χ1v) is 7.22. The Morgan fingerprint density at radius 3 is 2.40 bits per heavy atom. The minimum absolute atomic E-state index is 0.0790. The lowest BCUT2D eigenvalue weighted by Crippen LogP contribution is -2.13. The monoisotopic (exact) mass is 395 g/mol. The number of benzene rings is 2. The fourth-order valence-electron chi connectivity index (χ4n) is 1.52. The van der Waals surface area contributed by atoms with Crippen molar-refractivity contribution in [3.63, 3.8) is 0 Å². The summed E-state index contributed by atoms with van der Waals surface area (Å²) in [5.41, 5.74) is 0.507. The molecule has 1 amide bonds. The zero-order valence-electron chi connectivity index (χ0n) is 9.68. The molecule has 0 spiro atoms. The molecule has 0 unspecified atom stereocenters. The van der Waals surface area contributed by atoms with Gasteiger partial charge in [0.05, 0.1) is 21.3 Å². The molecule has 20 heavy (non-hydrogen) atoms. The molecule has 0 aliphatic heterocycles. The molecule has 0 aliphatic carbocycles. The number of halogens is 5. The van der Waals surface area contributed by atoms with E-state index in [1.165, 1.54) is 18.2 Å².